The minimum absolute atomic E-state index is 0.00325. The van der Waals surface area contributed by atoms with Crippen LogP contribution in [-0.4, -0.2) is 37.0 Å². The molecule has 0 aromatic heterocycles. The van der Waals surface area contributed by atoms with E-state index in [0.717, 1.165) is 38.5 Å². The zero-order chi connectivity index (χ0) is 12.1. The van der Waals surface area contributed by atoms with Crippen molar-refractivity contribution in [3.63, 3.8) is 0 Å². The molecule has 0 amide bonds. The van der Waals surface area contributed by atoms with E-state index in [9.17, 15) is 4.79 Å². The fraction of sp³-hybridized carbons (Fsp3) is 0.929. The average Bonchev–Trinajstić information content (AvgIpc) is 3.13. The lowest BCUT2D eigenvalue weighted by molar-refractivity contribution is -0.201. The van der Waals surface area contributed by atoms with Crippen molar-refractivity contribution in [2.24, 2.45) is 11.8 Å². The van der Waals surface area contributed by atoms with Crippen molar-refractivity contribution < 1.29 is 19.0 Å². The molecule has 4 heteroatoms. The zero-order valence-corrected chi connectivity index (χ0v) is 10.5. The number of fused-ring (bicyclic) bond motifs is 3. The maximum Gasteiger partial charge on any atom is 0.311 e. The number of rotatable bonds is 3. The Kier molecular flexibility index (Phi) is 2.62. The van der Waals surface area contributed by atoms with Gasteiger partial charge in [-0.15, -0.1) is 0 Å². The Morgan fingerprint density at radius 2 is 1.89 bits per heavy atom. The van der Waals surface area contributed by atoms with Crippen LogP contribution in [0.15, 0.2) is 0 Å². The van der Waals surface area contributed by atoms with Gasteiger partial charge in [-0.2, -0.15) is 0 Å². The van der Waals surface area contributed by atoms with Crippen LogP contribution in [0.1, 0.15) is 38.5 Å². The first kappa shape index (κ1) is 11.2. The summed E-state index contributed by atoms with van der Waals surface area (Å²) in [6.45, 7) is 0.581. The molecule has 5 aliphatic rings. The summed E-state index contributed by atoms with van der Waals surface area (Å²) in [5.74, 6) is 0.483. The Hall–Kier alpha value is -0.610. The van der Waals surface area contributed by atoms with Gasteiger partial charge in [-0.3, -0.25) is 4.79 Å². The number of epoxide rings is 1. The maximum atomic E-state index is 12.0. The van der Waals surface area contributed by atoms with Crippen molar-refractivity contribution in [3.8, 4) is 0 Å². The summed E-state index contributed by atoms with van der Waals surface area (Å²) in [5, 5.41) is 0. The highest BCUT2D eigenvalue weighted by Crippen LogP contribution is 2.41. The van der Waals surface area contributed by atoms with Crippen LogP contribution in [0.5, 0.6) is 0 Å². The van der Waals surface area contributed by atoms with Gasteiger partial charge in [0, 0.05) is 6.42 Å². The molecule has 2 saturated carbocycles. The molecule has 3 saturated heterocycles. The second-order valence-electron chi connectivity index (χ2n) is 6.24. The van der Waals surface area contributed by atoms with Crippen molar-refractivity contribution in [1.29, 1.82) is 0 Å². The number of hydrogen-bond acceptors (Lipinski definition) is 4. The van der Waals surface area contributed by atoms with E-state index in [4.69, 9.17) is 14.2 Å². The van der Waals surface area contributed by atoms with E-state index in [1.807, 2.05) is 0 Å². The van der Waals surface area contributed by atoms with Crippen molar-refractivity contribution in [2.75, 3.05) is 6.61 Å². The van der Waals surface area contributed by atoms with Crippen LogP contribution in [0.4, 0.5) is 0 Å². The Balaban J connectivity index is 1.25. The van der Waals surface area contributed by atoms with Crippen LogP contribution in [0.2, 0.25) is 0 Å². The van der Waals surface area contributed by atoms with Crippen LogP contribution in [0.25, 0.3) is 0 Å². The summed E-state index contributed by atoms with van der Waals surface area (Å²) < 4.78 is 16.6. The quantitative estimate of drug-likeness (QED) is 0.566. The summed E-state index contributed by atoms with van der Waals surface area (Å²) in [6.07, 6.45) is 7.96. The largest absolute Gasteiger partial charge is 0.465 e. The predicted octanol–water partition coefficient (Wildman–Crippen LogP) is 1.66. The highest BCUT2D eigenvalue weighted by Gasteiger charge is 2.46. The van der Waals surface area contributed by atoms with Gasteiger partial charge in [-0.25, -0.2) is 0 Å². The lowest BCUT2D eigenvalue weighted by Crippen LogP contribution is -2.50. The minimum atomic E-state index is -0.0306. The Bertz CT molecular complexity index is 347. The average molecular weight is 252 g/mol. The molecular formula is C14H20O4. The molecule has 0 aromatic carbocycles. The number of carbonyl (C=O) groups excluding carboxylic acids is 1. The van der Waals surface area contributed by atoms with Crippen LogP contribution in [-0.2, 0) is 19.0 Å². The van der Waals surface area contributed by atoms with Crippen LogP contribution < -0.4 is 0 Å². The highest BCUT2D eigenvalue weighted by molar-refractivity contribution is 5.73. The van der Waals surface area contributed by atoms with Gasteiger partial charge < -0.3 is 14.2 Å². The minimum Gasteiger partial charge on any atom is -0.465 e. The van der Waals surface area contributed by atoms with Gasteiger partial charge in [0.05, 0.1) is 36.9 Å². The molecule has 3 heterocycles. The lowest BCUT2D eigenvalue weighted by Gasteiger charge is -2.45. The summed E-state index contributed by atoms with van der Waals surface area (Å²) in [5.41, 5.74) is 0. The molecular weight excluding hydrogens is 232 g/mol. The molecule has 0 radical (unpaired) electrons. The molecule has 0 N–H and O–H groups in total. The predicted molar refractivity (Wildman–Crippen MR) is 63.0 cm³/mol. The molecule has 18 heavy (non-hydrogen) atoms. The van der Waals surface area contributed by atoms with E-state index in [-0.39, 0.29) is 18.0 Å². The zero-order valence-electron chi connectivity index (χ0n) is 10.5. The molecule has 2 bridgehead atoms. The molecule has 4 nitrogen and oxygen atoms in total. The highest BCUT2D eigenvalue weighted by atomic mass is 16.6. The van der Waals surface area contributed by atoms with Gasteiger partial charge in [0.2, 0.25) is 0 Å². The van der Waals surface area contributed by atoms with Gasteiger partial charge >= 0.3 is 5.97 Å². The van der Waals surface area contributed by atoms with E-state index < -0.39 is 0 Å². The maximum absolute atomic E-state index is 12.0. The first-order valence-corrected chi connectivity index (χ1v) is 7.27. The Morgan fingerprint density at radius 3 is 2.61 bits per heavy atom. The van der Waals surface area contributed by atoms with E-state index in [1.165, 1.54) is 0 Å². The SMILES string of the molecule is O=C(OCC1CCC2OC2C1)C1CCC2CC1O2. The Labute approximate surface area is 107 Å². The van der Waals surface area contributed by atoms with E-state index >= 15 is 0 Å². The summed E-state index contributed by atoms with van der Waals surface area (Å²) >= 11 is 0. The first-order chi connectivity index (χ1) is 8.79. The molecule has 6 unspecified atom stereocenters. The monoisotopic (exact) mass is 252 g/mol. The number of carbonyl (C=O) groups is 1. The fourth-order valence-corrected chi connectivity index (χ4v) is 3.71. The molecule has 2 aliphatic carbocycles. The fourth-order valence-electron chi connectivity index (χ4n) is 3.71. The molecule has 5 rings (SSSR count). The second-order valence-corrected chi connectivity index (χ2v) is 6.24. The van der Waals surface area contributed by atoms with Gasteiger partial charge in [0.1, 0.15) is 0 Å². The molecule has 100 valence electrons. The van der Waals surface area contributed by atoms with Gasteiger partial charge in [0.15, 0.2) is 0 Å². The normalized spacial score (nSPS) is 48.9. The van der Waals surface area contributed by atoms with Crippen molar-refractivity contribution in [1.82, 2.24) is 0 Å². The number of hydrogen-bond donors (Lipinski definition) is 0. The first-order valence-electron chi connectivity index (χ1n) is 7.27. The topological polar surface area (TPSA) is 48.1 Å². The van der Waals surface area contributed by atoms with E-state index in [0.29, 0.717) is 30.8 Å². The van der Waals surface area contributed by atoms with Gasteiger partial charge in [-0.05, 0) is 38.0 Å². The molecule has 6 atom stereocenters. The molecule has 3 aliphatic heterocycles. The molecule has 0 aromatic rings. The third-order valence-corrected chi connectivity index (χ3v) is 4.99. The Morgan fingerprint density at radius 1 is 1.00 bits per heavy atom. The molecule has 0 spiro atoms. The number of esters is 1. The van der Waals surface area contributed by atoms with Crippen molar-refractivity contribution in [3.05, 3.63) is 0 Å². The van der Waals surface area contributed by atoms with Crippen LogP contribution >= 0.6 is 0 Å². The summed E-state index contributed by atoms with van der Waals surface area (Å²) in [6, 6.07) is 0. The number of ether oxygens (including phenoxy) is 3. The van der Waals surface area contributed by atoms with Crippen molar-refractivity contribution >= 4 is 5.97 Å². The standard InChI is InChI=1S/C14H20O4/c15-14(10-3-2-9-6-12(10)17-9)16-7-8-1-4-11-13(5-8)18-11/h8-13H,1-7H2. The third kappa shape index (κ3) is 1.95. The van der Waals surface area contributed by atoms with Crippen LogP contribution in [0.3, 0.4) is 0 Å². The summed E-state index contributed by atoms with van der Waals surface area (Å²) in [4.78, 5) is 12.0. The van der Waals surface area contributed by atoms with Crippen molar-refractivity contribution in [2.45, 2.75) is 62.9 Å². The van der Waals surface area contributed by atoms with Gasteiger partial charge in [-0.1, -0.05) is 0 Å². The van der Waals surface area contributed by atoms with E-state index in [1.54, 1.807) is 0 Å². The smallest absolute Gasteiger partial charge is 0.311 e. The third-order valence-electron chi connectivity index (χ3n) is 4.99. The lowest BCUT2D eigenvalue weighted by atomic mass is 9.80. The molecule has 5 fully saturated rings. The van der Waals surface area contributed by atoms with Gasteiger partial charge in [0.25, 0.3) is 0 Å². The van der Waals surface area contributed by atoms with Crippen LogP contribution in [0, 0.1) is 11.8 Å². The van der Waals surface area contributed by atoms with E-state index in [2.05, 4.69) is 0 Å². The second kappa shape index (κ2) is 4.20. The summed E-state index contributed by atoms with van der Waals surface area (Å²) in [7, 11) is 0.